The van der Waals surface area contributed by atoms with Crippen molar-refractivity contribution in [3.63, 3.8) is 0 Å². The first-order valence-electron chi connectivity index (χ1n) is 6.45. The van der Waals surface area contributed by atoms with Crippen molar-refractivity contribution in [2.24, 2.45) is 0 Å². The summed E-state index contributed by atoms with van der Waals surface area (Å²) in [6.45, 7) is 0.201. The van der Waals surface area contributed by atoms with Crippen LogP contribution in [0.4, 0.5) is 4.79 Å². The van der Waals surface area contributed by atoms with Crippen molar-refractivity contribution >= 4 is 17.9 Å². The average molecular weight is 293 g/mol. The molecule has 7 heteroatoms. The van der Waals surface area contributed by atoms with Crippen LogP contribution in [0.2, 0.25) is 0 Å². The predicted octanol–water partition coefficient (Wildman–Crippen LogP) is 0.590. The van der Waals surface area contributed by atoms with Gasteiger partial charge in [0, 0.05) is 27.1 Å². The maximum atomic E-state index is 12.0. The fraction of sp³-hybridized carbons (Fsp3) is 0.357. The van der Waals surface area contributed by atoms with Crippen LogP contribution in [0.3, 0.4) is 0 Å². The Balaban J connectivity index is 2.65. The fourth-order valence-electron chi connectivity index (χ4n) is 1.66. The van der Waals surface area contributed by atoms with Gasteiger partial charge in [-0.3, -0.25) is 4.79 Å². The van der Waals surface area contributed by atoms with E-state index in [0.717, 1.165) is 0 Å². The van der Waals surface area contributed by atoms with E-state index in [2.05, 4.69) is 10.6 Å². The summed E-state index contributed by atoms with van der Waals surface area (Å²) in [5, 5.41) is 14.1. The van der Waals surface area contributed by atoms with E-state index < -0.39 is 18.0 Å². The lowest BCUT2D eigenvalue weighted by Gasteiger charge is -2.21. The fourth-order valence-corrected chi connectivity index (χ4v) is 1.66. The number of amides is 3. The van der Waals surface area contributed by atoms with Crippen molar-refractivity contribution < 1.29 is 19.5 Å². The summed E-state index contributed by atoms with van der Waals surface area (Å²) < 4.78 is 0. The number of carbonyl (C=O) groups is 3. The van der Waals surface area contributed by atoms with Gasteiger partial charge >= 0.3 is 12.0 Å². The van der Waals surface area contributed by atoms with Gasteiger partial charge in [0.05, 0.1) is 0 Å². The molecular weight excluding hydrogens is 274 g/mol. The quantitative estimate of drug-likeness (QED) is 0.715. The summed E-state index contributed by atoms with van der Waals surface area (Å²) in [6.07, 6.45) is 0.156. The SMILES string of the molecule is CNC(=O)CCN(C)C(=O)N[C@H](C(=O)O)c1ccccc1. The average Bonchev–Trinajstić information content (AvgIpc) is 2.49. The van der Waals surface area contributed by atoms with Gasteiger partial charge in [0.1, 0.15) is 0 Å². The van der Waals surface area contributed by atoms with E-state index in [4.69, 9.17) is 0 Å². The van der Waals surface area contributed by atoms with Gasteiger partial charge in [0.25, 0.3) is 0 Å². The minimum Gasteiger partial charge on any atom is -0.479 e. The Morgan fingerprint density at radius 2 is 1.86 bits per heavy atom. The van der Waals surface area contributed by atoms with Crippen LogP contribution < -0.4 is 10.6 Å². The summed E-state index contributed by atoms with van der Waals surface area (Å²) in [4.78, 5) is 35.6. The maximum Gasteiger partial charge on any atom is 0.330 e. The molecule has 0 aliphatic heterocycles. The normalized spacial score (nSPS) is 11.3. The number of urea groups is 1. The number of aliphatic carboxylic acids is 1. The number of nitrogens with zero attached hydrogens (tertiary/aromatic N) is 1. The van der Waals surface area contributed by atoms with Crippen molar-refractivity contribution in [1.82, 2.24) is 15.5 Å². The van der Waals surface area contributed by atoms with Gasteiger partial charge in [-0.25, -0.2) is 9.59 Å². The van der Waals surface area contributed by atoms with E-state index in [1.807, 2.05) is 0 Å². The van der Waals surface area contributed by atoms with Crippen LogP contribution in [-0.4, -0.2) is 48.6 Å². The van der Waals surface area contributed by atoms with Crippen molar-refractivity contribution in [3.8, 4) is 0 Å². The van der Waals surface area contributed by atoms with Crippen LogP contribution in [0.25, 0.3) is 0 Å². The summed E-state index contributed by atoms with van der Waals surface area (Å²) in [7, 11) is 3.01. The number of hydrogen-bond acceptors (Lipinski definition) is 3. The number of nitrogens with one attached hydrogen (secondary N) is 2. The molecular formula is C14H19N3O4. The lowest BCUT2D eigenvalue weighted by Crippen LogP contribution is -2.43. The van der Waals surface area contributed by atoms with Crippen molar-refractivity contribution in [1.29, 1.82) is 0 Å². The minimum atomic E-state index is -1.14. The molecule has 0 aliphatic carbocycles. The molecule has 0 heterocycles. The van der Waals surface area contributed by atoms with Crippen LogP contribution in [0.15, 0.2) is 30.3 Å². The van der Waals surface area contributed by atoms with Gasteiger partial charge in [0.2, 0.25) is 5.91 Å². The molecule has 0 saturated carbocycles. The highest BCUT2D eigenvalue weighted by Crippen LogP contribution is 2.13. The molecule has 3 amide bonds. The number of carboxylic acid groups (broad SMARTS) is 1. The Labute approximate surface area is 122 Å². The Hall–Kier alpha value is -2.57. The molecule has 0 aromatic heterocycles. The summed E-state index contributed by atoms with van der Waals surface area (Å²) in [5.41, 5.74) is 0.484. The highest BCUT2D eigenvalue weighted by atomic mass is 16.4. The molecule has 0 unspecified atom stereocenters. The number of carboxylic acids is 1. The zero-order chi connectivity index (χ0) is 15.8. The number of benzene rings is 1. The summed E-state index contributed by atoms with van der Waals surface area (Å²) >= 11 is 0. The molecule has 0 aliphatic rings. The van der Waals surface area contributed by atoms with Crippen molar-refractivity contribution in [2.45, 2.75) is 12.5 Å². The van der Waals surface area contributed by atoms with E-state index in [1.54, 1.807) is 30.3 Å². The molecule has 7 nitrogen and oxygen atoms in total. The second kappa shape index (κ2) is 7.88. The van der Waals surface area contributed by atoms with Crippen LogP contribution in [0, 0.1) is 0 Å². The monoisotopic (exact) mass is 293 g/mol. The smallest absolute Gasteiger partial charge is 0.330 e. The maximum absolute atomic E-state index is 12.0. The predicted molar refractivity (Wildman–Crippen MR) is 76.7 cm³/mol. The van der Waals surface area contributed by atoms with E-state index in [-0.39, 0.29) is 18.9 Å². The molecule has 0 fully saturated rings. The minimum absolute atomic E-state index is 0.156. The third-order valence-electron chi connectivity index (χ3n) is 2.95. The second-order valence-corrected chi connectivity index (χ2v) is 4.48. The highest BCUT2D eigenvalue weighted by Gasteiger charge is 2.23. The summed E-state index contributed by atoms with van der Waals surface area (Å²) in [6, 6.07) is 6.75. The Morgan fingerprint density at radius 1 is 1.24 bits per heavy atom. The molecule has 114 valence electrons. The number of rotatable bonds is 6. The van der Waals surface area contributed by atoms with Crippen LogP contribution in [0.1, 0.15) is 18.0 Å². The molecule has 0 spiro atoms. The van der Waals surface area contributed by atoms with Crippen LogP contribution >= 0.6 is 0 Å². The molecule has 0 bridgehead atoms. The molecule has 21 heavy (non-hydrogen) atoms. The van der Waals surface area contributed by atoms with E-state index in [9.17, 15) is 19.5 Å². The Bertz CT molecular complexity index is 504. The first-order valence-corrected chi connectivity index (χ1v) is 6.45. The van der Waals surface area contributed by atoms with Crippen molar-refractivity contribution in [3.05, 3.63) is 35.9 Å². The Morgan fingerprint density at radius 3 is 2.38 bits per heavy atom. The van der Waals surface area contributed by atoms with Gasteiger partial charge in [-0.2, -0.15) is 0 Å². The summed E-state index contributed by atoms with van der Waals surface area (Å²) in [5.74, 6) is -1.33. The van der Waals surface area contributed by atoms with Gasteiger partial charge in [-0.05, 0) is 5.56 Å². The zero-order valence-corrected chi connectivity index (χ0v) is 12.0. The third kappa shape index (κ3) is 5.13. The standard InChI is InChI=1S/C14H19N3O4/c1-15-11(18)8-9-17(2)14(21)16-12(13(19)20)10-6-4-3-5-7-10/h3-7,12H,8-9H2,1-2H3,(H,15,18)(H,16,21)(H,19,20)/t12-/m0/s1. The van der Waals surface area contributed by atoms with Crippen molar-refractivity contribution in [2.75, 3.05) is 20.6 Å². The topological polar surface area (TPSA) is 98.7 Å². The van der Waals surface area contributed by atoms with Crippen LogP contribution in [0.5, 0.6) is 0 Å². The second-order valence-electron chi connectivity index (χ2n) is 4.48. The lowest BCUT2D eigenvalue weighted by molar-refractivity contribution is -0.139. The van der Waals surface area contributed by atoms with Gasteiger partial charge in [-0.1, -0.05) is 30.3 Å². The zero-order valence-electron chi connectivity index (χ0n) is 12.0. The molecule has 0 radical (unpaired) electrons. The van der Waals surface area contributed by atoms with E-state index in [0.29, 0.717) is 5.56 Å². The molecule has 1 aromatic carbocycles. The van der Waals surface area contributed by atoms with E-state index >= 15 is 0 Å². The molecule has 3 N–H and O–H groups in total. The lowest BCUT2D eigenvalue weighted by atomic mass is 10.1. The largest absolute Gasteiger partial charge is 0.479 e. The number of hydrogen-bond donors (Lipinski definition) is 3. The Kier molecular flexibility index (Phi) is 6.19. The molecule has 1 rings (SSSR count). The first kappa shape index (κ1) is 16.5. The van der Waals surface area contributed by atoms with Gasteiger partial charge < -0.3 is 20.6 Å². The molecule has 0 saturated heterocycles. The van der Waals surface area contributed by atoms with Crippen LogP contribution in [-0.2, 0) is 9.59 Å². The molecule has 1 aromatic rings. The first-order chi connectivity index (χ1) is 9.95. The van der Waals surface area contributed by atoms with Gasteiger partial charge in [-0.15, -0.1) is 0 Å². The number of carbonyl (C=O) groups excluding carboxylic acids is 2. The highest BCUT2D eigenvalue weighted by molar-refractivity contribution is 5.84. The molecule has 1 atom stereocenters. The third-order valence-corrected chi connectivity index (χ3v) is 2.95. The van der Waals surface area contributed by atoms with Gasteiger partial charge in [0.15, 0.2) is 6.04 Å². The van der Waals surface area contributed by atoms with E-state index in [1.165, 1.54) is 19.0 Å².